The van der Waals surface area contributed by atoms with Crippen LogP contribution in [-0.2, 0) is 10.0 Å². The van der Waals surface area contributed by atoms with Gasteiger partial charge in [0.15, 0.2) is 0 Å². The Kier molecular flexibility index (Phi) is 6.04. The number of hydrogen-bond donors (Lipinski definition) is 0. The zero-order valence-corrected chi connectivity index (χ0v) is 14.9. The van der Waals surface area contributed by atoms with Gasteiger partial charge in [-0.25, -0.2) is 8.42 Å². The minimum atomic E-state index is -3.32. The third kappa shape index (κ3) is 4.11. The van der Waals surface area contributed by atoms with Crippen LogP contribution in [0.2, 0.25) is 0 Å². The second-order valence-electron chi connectivity index (χ2n) is 6.72. The van der Waals surface area contributed by atoms with Gasteiger partial charge in [0.2, 0.25) is 10.0 Å². The molecule has 0 unspecified atom stereocenters. The molecule has 0 saturated carbocycles. The Balaban J connectivity index is 1.99. The van der Waals surface area contributed by atoms with Gasteiger partial charge in [-0.1, -0.05) is 57.2 Å². The number of unbranched alkanes of at least 4 members (excludes halogenated alkanes) is 3. The van der Waals surface area contributed by atoms with Gasteiger partial charge in [0.25, 0.3) is 0 Å². The van der Waals surface area contributed by atoms with Crippen molar-refractivity contribution in [3.63, 3.8) is 0 Å². The maximum atomic E-state index is 12.7. The molecular weight excluding hydrogens is 294 g/mol. The molecular formula is C18H29NO2S. The number of nitrogens with zero attached hydrogens (tertiary/aromatic N) is 1. The maximum Gasteiger partial charge on any atom is 0.243 e. The summed E-state index contributed by atoms with van der Waals surface area (Å²) in [5.74, 6) is 0.971. The van der Waals surface area contributed by atoms with E-state index in [-0.39, 0.29) is 0 Å². The monoisotopic (exact) mass is 323 g/mol. The molecule has 0 spiro atoms. The number of sulfonamides is 1. The Labute approximate surface area is 135 Å². The number of hydrogen-bond acceptors (Lipinski definition) is 2. The molecule has 4 heteroatoms. The lowest BCUT2D eigenvalue weighted by Gasteiger charge is -2.16. The van der Waals surface area contributed by atoms with E-state index >= 15 is 0 Å². The van der Waals surface area contributed by atoms with Gasteiger partial charge in [-0.2, -0.15) is 4.31 Å². The SMILES string of the molecule is CCCCCC[C@H]1CN(S(=O)(=O)c2ccc(C)cc2)C[C@H]1C. The van der Waals surface area contributed by atoms with Crippen molar-refractivity contribution in [3.05, 3.63) is 29.8 Å². The largest absolute Gasteiger partial charge is 0.243 e. The van der Waals surface area contributed by atoms with E-state index < -0.39 is 10.0 Å². The quantitative estimate of drug-likeness (QED) is 0.704. The number of rotatable bonds is 7. The minimum absolute atomic E-state index is 0.428. The van der Waals surface area contributed by atoms with Gasteiger partial charge in [-0.05, 0) is 37.3 Å². The van der Waals surface area contributed by atoms with Crippen LogP contribution in [0.3, 0.4) is 0 Å². The molecule has 22 heavy (non-hydrogen) atoms. The topological polar surface area (TPSA) is 37.4 Å². The molecule has 0 N–H and O–H groups in total. The van der Waals surface area contributed by atoms with Crippen molar-refractivity contribution in [2.45, 2.75) is 57.8 Å². The van der Waals surface area contributed by atoms with Crippen LogP contribution in [0.1, 0.15) is 51.5 Å². The summed E-state index contributed by atoms with van der Waals surface area (Å²) in [6.45, 7) is 7.72. The molecule has 124 valence electrons. The average Bonchev–Trinajstić information content (AvgIpc) is 2.86. The molecule has 1 heterocycles. The molecule has 3 nitrogen and oxygen atoms in total. The van der Waals surface area contributed by atoms with Crippen molar-refractivity contribution < 1.29 is 8.42 Å². The van der Waals surface area contributed by atoms with Crippen molar-refractivity contribution in [1.82, 2.24) is 4.31 Å². The van der Waals surface area contributed by atoms with E-state index in [1.807, 2.05) is 19.1 Å². The summed E-state index contributed by atoms with van der Waals surface area (Å²) >= 11 is 0. The molecule has 0 aliphatic carbocycles. The highest BCUT2D eigenvalue weighted by Gasteiger charge is 2.36. The van der Waals surface area contributed by atoms with E-state index in [0.717, 1.165) is 12.0 Å². The van der Waals surface area contributed by atoms with Crippen LogP contribution >= 0.6 is 0 Å². The maximum absolute atomic E-state index is 12.7. The highest BCUT2D eigenvalue weighted by atomic mass is 32.2. The van der Waals surface area contributed by atoms with Crippen LogP contribution in [-0.4, -0.2) is 25.8 Å². The lowest BCUT2D eigenvalue weighted by molar-refractivity contribution is 0.398. The highest BCUT2D eigenvalue weighted by Crippen LogP contribution is 2.31. The smallest absolute Gasteiger partial charge is 0.207 e. The van der Waals surface area contributed by atoms with Crippen molar-refractivity contribution >= 4 is 10.0 Å². The Bertz CT molecular complexity index is 565. The lowest BCUT2D eigenvalue weighted by atomic mass is 9.92. The second-order valence-corrected chi connectivity index (χ2v) is 8.66. The summed E-state index contributed by atoms with van der Waals surface area (Å²) in [5, 5.41) is 0. The predicted octanol–water partition coefficient (Wildman–Crippen LogP) is 4.22. The lowest BCUT2D eigenvalue weighted by Crippen LogP contribution is -2.29. The van der Waals surface area contributed by atoms with Crippen LogP contribution in [0.5, 0.6) is 0 Å². The van der Waals surface area contributed by atoms with Crippen molar-refractivity contribution in [2.24, 2.45) is 11.8 Å². The van der Waals surface area contributed by atoms with Crippen molar-refractivity contribution in [3.8, 4) is 0 Å². The number of aryl methyl sites for hydroxylation is 1. The Hall–Kier alpha value is -0.870. The van der Waals surface area contributed by atoms with E-state index in [1.54, 1.807) is 16.4 Å². The Morgan fingerprint density at radius 1 is 1.09 bits per heavy atom. The summed E-state index contributed by atoms with van der Waals surface area (Å²) in [6, 6.07) is 7.19. The fourth-order valence-corrected chi connectivity index (χ4v) is 4.85. The molecule has 0 amide bonds. The molecule has 0 bridgehead atoms. The third-order valence-electron chi connectivity index (χ3n) is 4.82. The Morgan fingerprint density at radius 3 is 2.41 bits per heavy atom. The molecule has 1 aliphatic rings. The zero-order valence-electron chi connectivity index (χ0n) is 14.1. The predicted molar refractivity (Wildman–Crippen MR) is 91.4 cm³/mol. The summed E-state index contributed by atoms with van der Waals surface area (Å²) in [4.78, 5) is 0.428. The fraction of sp³-hybridized carbons (Fsp3) is 0.667. The molecule has 0 radical (unpaired) electrons. The molecule has 2 rings (SSSR count). The van der Waals surface area contributed by atoms with Gasteiger partial charge in [0, 0.05) is 13.1 Å². The first-order valence-corrected chi connectivity index (χ1v) is 9.96. The van der Waals surface area contributed by atoms with Crippen LogP contribution < -0.4 is 0 Å². The molecule has 2 atom stereocenters. The van der Waals surface area contributed by atoms with Crippen LogP contribution in [0.15, 0.2) is 29.2 Å². The fourth-order valence-electron chi connectivity index (χ4n) is 3.25. The van der Waals surface area contributed by atoms with Crippen molar-refractivity contribution in [1.29, 1.82) is 0 Å². The van der Waals surface area contributed by atoms with Crippen LogP contribution in [0.4, 0.5) is 0 Å². The molecule has 1 fully saturated rings. The van der Waals surface area contributed by atoms with E-state index in [9.17, 15) is 8.42 Å². The van der Waals surface area contributed by atoms with E-state index in [4.69, 9.17) is 0 Å². The first-order chi connectivity index (χ1) is 10.4. The van der Waals surface area contributed by atoms with Gasteiger partial charge < -0.3 is 0 Å². The first-order valence-electron chi connectivity index (χ1n) is 8.52. The van der Waals surface area contributed by atoms with Gasteiger partial charge in [-0.15, -0.1) is 0 Å². The summed E-state index contributed by atoms with van der Waals surface area (Å²) in [5.41, 5.74) is 1.09. The summed E-state index contributed by atoms with van der Waals surface area (Å²) in [6.07, 6.45) is 6.17. The van der Waals surface area contributed by atoms with Gasteiger partial charge >= 0.3 is 0 Å². The Morgan fingerprint density at radius 2 is 1.77 bits per heavy atom. The van der Waals surface area contributed by atoms with E-state index in [2.05, 4.69) is 13.8 Å². The number of benzene rings is 1. The van der Waals surface area contributed by atoms with E-state index in [0.29, 0.717) is 29.8 Å². The average molecular weight is 324 g/mol. The summed E-state index contributed by atoms with van der Waals surface area (Å²) in [7, 11) is -3.32. The zero-order chi connectivity index (χ0) is 16.2. The second kappa shape index (κ2) is 7.60. The molecule has 0 aromatic heterocycles. The van der Waals surface area contributed by atoms with E-state index in [1.165, 1.54) is 25.7 Å². The van der Waals surface area contributed by atoms with Crippen LogP contribution in [0, 0.1) is 18.8 Å². The van der Waals surface area contributed by atoms with Crippen molar-refractivity contribution in [2.75, 3.05) is 13.1 Å². The normalized spacial score (nSPS) is 23.0. The molecule has 1 aromatic rings. The molecule has 1 saturated heterocycles. The minimum Gasteiger partial charge on any atom is -0.207 e. The van der Waals surface area contributed by atoms with Gasteiger partial charge in [-0.3, -0.25) is 0 Å². The summed E-state index contributed by atoms with van der Waals surface area (Å²) < 4.78 is 27.2. The molecule has 1 aromatic carbocycles. The van der Waals surface area contributed by atoms with Gasteiger partial charge in [0.05, 0.1) is 4.90 Å². The van der Waals surface area contributed by atoms with Gasteiger partial charge in [0.1, 0.15) is 0 Å². The van der Waals surface area contributed by atoms with Crippen LogP contribution in [0.25, 0.3) is 0 Å². The molecule has 1 aliphatic heterocycles. The first kappa shape index (κ1) is 17.5. The standard InChI is InChI=1S/C18H29NO2S/c1-4-5-6-7-8-17-14-19(13-16(17)3)22(20,21)18-11-9-15(2)10-12-18/h9-12,16-17H,4-8,13-14H2,1-3H3/t16-,17+/m1/s1. The highest BCUT2D eigenvalue weighted by molar-refractivity contribution is 7.89. The third-order valence-corrected chi connectivity index (χ3v) is 6.67.